The van der Waals surface area contributed by atoms with Crippen molar-refractivity contribution in [1.82, 2.24) is 0 Å². The Morgan fingerprint density at radius 2 is 2.00 bits per heavy atom. The smallest absolute Gasteiger partial charge is 0.339 e. The maximum Gasteiger partial charge on any atom is 0.339 e. The summed E-state index contributed by atoms with van der Waals surface area (Å²) in [5.74, 6) is -2.06. The summed E-state index contributed by atoms with van der Waals surface area (Å²) in [6.07, 6.45) is 0. The van der Waals surface area contributed by atoms with Crippen LogP contribution in [0.5, 0.6) is 11.5 Å². The molecule has 0 radical (unpaired) electrons. The molecule has 90 valence electrons. The molecule has 0 saturated carbocycles. The van der Waals surface area contributed by atoms with Crippen molar-refractivity contribution in [3.05, 3.63) is 23.3 Å². The van der Waals surface area contributed by atoms with Gasteiger partial charge in [-0.3, -0.25) is 4.79 Å². The van der Waals surface area contributed by atoms with Crippen LogP contribution in [0.25, 0.3) is 0 Å². The van der Waals surface area contributed by atoms with E-state index in [-0.39, 0.29) is 23.7 Å². The zero-order valence-electron chi connectivity index (χ0n) is 8.34. The Bertz CT molecular complexity index is 498. The van der Waals surface area contributed by atoms with E-state index >= 15 is 0 Å². The van der Waals surface area contributed by atoms with Crippen LogP contribution in [0.4, 0.5) is 0 Å². The van der Waals surface area contributed by atoms with Crippen LogP contribution in [0.3, 0.4) is 0 Å². The summed E-state index contributed by atoms with van der Waals surface area (Å²) in [6.45, 7) is -0.0703. The second kappa shape index (κ2) is 4.25. The minimum absolute atomic E-state index is 0.0701. The van der Waals surface area contributed by atoms with Gasteiger partial charge in [-0.15, -0.1) is 0 Å². The fourth-order valence-corrected chi connectivity index (χ4v) is 1.93. The summed E-state index contributed by atoms with van der Waals surface area (Å²) < 4.78 is 10.1. The highest BCUT2D eigenvalue weighted by Gasteiger charge is 2.30. The van der Waals surface area contributed by atoms with Crippen LogP contribution in [0.1, 0.15) is 20.7 Å². The summed E-state index contributed by atoms with van der Waals surface area (Å²) >= 11 is 2.92. The van der Waals surface area contributed by atoms with E-state index in [2.05, 4.69) is 15.9 Å². The van der Waals surface area contributed by atoms with Gasteiger partial charge >= 0.3 is 11.9 Å². The first-order chi connectivity index (χ1) is 8.02. The number of rotatable bonds is 3. The van der Waals surface area contributed by atoms with Gasteiger partial charge in [-0.25, -0.2) is 4.79 Å². The lowest BCUT2D eigenvalue weighted by Gasteiger charge is -2.10. The van der Waals surface area contributed by atoms with Crippen LogP contribution in [0.15, 0.2) is 12.1 Å². The van der Waals surface area contributed by atoms with Crippen molar-refractivity contribution in [3.8, 4) is 11.5 Å². The van der Waals surface area contributed by atoms with Crippen LogP contribution in [-0.2, 0) is 4.79 Å². The molecule has 1 atom stereocenters. The Balaban J connectivity index is 2.60. The predicted octanol–water partition coefficient (Wildman–Crippen LogP) is 1.63. The molecule has 2 N–H and O–H groups in total. The van der Waals surface area contributed by atoms with E-state index in [0.717, 1.165) is 0 Å². The van der Waals surface area contributed by atoms with Gasteiger partial charge in [0, 0.05) is 0 Å². The maximum atomic E-state index is 11.2. The maximum absolute atomic E-state index is 11.2. The molecular weight excluding hydrogens is 296 g/mol. The van der Waals surface area contributed by atoms with E-state index in [1.54, 1.807) is 0 Å². The van der Waals surface area contributed by atoms with E-state index in [1.807, 2.05) is 0 Å². The molecular formula is C10H7BrO6. The van der Waals surface area contributed by atoms with Crippen LogP contribution < -0.4 is 9.47 Å². The first-order valence-corrected chi connectivity index (χ1v) is 5.46. The van der Waals surface area contributed by atoms with Gasteiger partial charge in [-0.2, -0.15) is 0 Å². The number of benzene rings is 1. The van der Waals surface area contributed by atoms with Crippen LogP contribution in [-0.4, -0.2) is 28.9 Å². The standard InChI is InChI=1S/C10H7BrO6/c11-7(10(14)15)4-1-2-5-8(17-3-16-5)6(4)9(12)13/h1-2,7H,3H2,(H,12,13)(H,14,15). The summed E-state index contributed by atoms with van der Waals surface area (Å²) in [5.41, 5.74) is -0.0708. The van der Waals surface area contributed by atoms with Crippen molar-refractivity contribution in [2.75, 3.05) is 6.79 Å². The lowest BCUT2D eigenvalue weighted by Crippen LogP contribution is -2.11. The van der Waals surface area contributed by atoms with Gasteiger partial charge in [-0.05, 0) is 11.6 Å². The van der Waals surface area contributed by atoms with Gasteiger partial charge in [0.25, 0.3) is 0 Å². The molecule has 1 aliphatic heterocycles. The molecule has 1 aromatic rings. The fourth-order valence-electron chi connectivity index (χ4n) is 1.55. The van der Waals surface area contributed by atoms with Crippen molar-refractivity contribution in [2.45, 2.75) is 4.83 Å². The molecule has 0 spiro atoms. The van der Waals surface area contributed by atoms with E-state index in [1.165, 1.54) is 12.1 Å². The Morgan fingerprint density at radius 3 is 2.59 bits per heavy atom. The number of hydrogen-bond donors (Lipinski definition) is 2. The predicted molar refractivity (Wildman–Crippen MR) is 58.8 cm³/mol. The number of carboxylic acid groups (broad SMARTS) is 2. The van der Waals surface area contributed by atoms with E-state index in [4.69, 9.17) is 19.7 Å². The second-order valence-corrected chi connectivity index (χ2v) is 4.19. The molecule has 1 aliphatic rings. The zero-order chi connectivity index (χ0) is 12.6. The molecule has 1 aromatic carbocycles. The van der Waals surface area contributed by atoms with E-state index < -0.39 is 16.8 Å². The monoisotopic (exact) mass is 302 g/mol. The van der Waals surface area contributed by atoms with Crippen molar-refractivity contribution < 1.29 is 29.3 Å². The van der Waals surface area contributed by atoms with E-state index in [9.17, 15) is 9.59 Å². The lowest BCUT2D eigenvalue weighted by molar-refractivity contribution is -0.136. The molecule has 1 heterocycles. The summed E-state index contributed by atoms with van der Waals surface area (Å²) in [6, 6.07) is 2.88. The van der Waals surface area contributed by atoms with Crippen molar-refractivity contribution >= 4 is 27.9 Å². The largest absolute Gasteiger partial charge is 0.480 e. The molecule has 17 heavy (non-hydrogen) atoms. The number of aliphatic carboxylic acids is 1. The highest BCUT2D eigenvalue weighted by molar-refractivity contribution is 9.09. The number of carbonyl (C=O) groups is 2. The van der Waals surface area contributed by atoms with Crippen LogP contribution in [0.2, 0.25) is 0 Å². The molecule has 7 heteroatoms. The molecule has 6 nitrogen and oxygen atoms in total. The molecule has 1 unspecified atom stereocenters. The Kier molecular flexibility index (Phi) is 2.93. The number of carboxylic acids is 2. The number of alkyl halides is 1. The first kappa shape index (κ1) is 11.7. The summed E-state index contributed by atoms with van der Waals surface area (Å²) in [4.78, 5) is 20.9. The van der Waals surface area contributed by atoms with Gasteiger partial charge in [-0.1, -0.05) is 22.0 Å². The van der Waals surface area contributed by atoms with Crippen LogP contribution >= 0.6 is 15.9 Å². The zero-order valence-corrected chi connectivity index (χ0v) is 9.93. The van der Waals surface area contributed by atoms with Gasteiger partial charge in [0.2, 0.25) is 6.79 Å². The van der Waals surface area contributed by atoms with Gasteiger partial charge in [0.15, 0.2) is 11.5 Å². The highest BCUT2D eigenvalue weighted by Crippen LogP contribution is 2.41. The third-order valence-corrected chi connectivity index (χ3v) is 3.16. The number of halogens is 1. The molecule has 0 fully saturated rings. The topological polar surface area (TPSA) is 93.1 Å². The quantitative estimate of drug-likeness (QED) is 0.824. The van der Waals surface area contributed by atoms with Gasteiger partial charge < -0.3 is 19.7 Å². The van der Waals surface area contributed by atoms with Gasteiger partial charge in [0.1, 0.15) is 10.4 Å². The fraction of sp³-hybridized carbons (Fsp3) is 0.200. The summed E-state index contributed by atoms with van der Waals surface area (Å²) in [7, 11) is 0. The third-order valence-electron chi connectivity index (χ3n) is 2.28. The highest BCUT2D eigenvalue weighted by atomic mass is 79.9. The SMILES string of the molecule is O=C(O)c1c(C(Br)C(=O)O)ccc2c1OCO2. The molecule has 0 saturated heterocycles. The lowest BCUT2D eigenvalue weighted by atomic mass is 10.0. The minimum Gasteiger partial charge on any atom is -0.480 e. The normalized spacial score (nSPS) is 14.4. The molecule has 2 rings (SSSR count). The molecule has 0 bridgehead atoms. The second-order valence-electron chi connectivity index (χ2n) is 3.27. The number of hydrogen-bond acceptors (Lipinski definition) is 4. The van der Waals surface area contributed by atoms with Gasteiger partial charge in [0.05, 0.1) is 0 Å². The van der Waals surface area contributed by atoms with E-state index in [0.29, 0.717) is 5.75 Å². The number of aromatic carboxylic acids is 1. The average Bonchev–Trinajstić information content (AvgIpc) is 2.73. The van der Waals surface area contributed by atoms with Crippen LogP contribution in [0, 0.1) is 0 Å². The molecule has 0 amide bonds. The molecule has 0 aliphatic carbocycles. The summed E-state index contributed by atoms with van der Waals surface area (Å²) in [5, 5.41) is 18.0. The van der Waals surface area contributed by atoms with Crippen molar-refractivity contribution in [2.24, 2.45) is 0 Å². The van der Waals surface area contributed by atoms with Crippen molar-refractivity contribution in [1.29, 1.82) is 0 Å². The molecule has 0 aromatic heterocycles. The minimum atomic E-state index is -1.26. The number of fused-ring (bicyclic) bond motifs is 1. The van der Waals surface area contributed by atoms with Crippen molar-refractivity contribution in [3.63, 3.8) is 0 Å². The number of ether oxygens (including phenoxy) is 2. The Labute approximate surface area is 104 Å². The third kappa shape index (κ3) is 1.93. The average molecular weight is 303 g/mol. The first-order valence-electron chi connectivity index (χ1n) is 4.55. The Hall–Kier alpha value is -1.76. The Morgan fingerprint density at radius 1 is 1.29 bits per heavy atom.